The number of terminal acetylenes is 4. The summed E-state index contributed by atoms with van der Waals surface area (Å²) in [6.07, 6.45) is 23.7. The van der Waals surface area contributed by atoms with Crippen LogP contribution in [-0.2, 0) is 0 Å². The van der Waals surface area contributed by atoms with Crippen molar-refractivity contribution in [1.82, 2.24) is 0 Å². The van der Waals surface area contributed by atoms with E-state index < -0.39 is 16.1 Å². The number of rotatable bonds is 0. The van der Waals surface area contributed by atoms with Gasteiger partial charge in [-0.25, -0.2) is 0 Å². The van der Waals surface area contributed by atoms with Crippen molar-refractivity contribution in [2.24, 2.45) is 0 Å². The Morgan fingerprint density at radius 1 is 0.500 bits per heavy atom. The highest BCUT2D eigenvalue weighted by atomic mass is 28.3. The predicted molar refractivity (Wildman–Crippen MR) is 98.3 cm³/mol. The zero-order valence-electron chi connectivity index (χ0n) is 11.9. The third-order valence-corrected chi connectivity index (χ3v) is 11.5. The molecule has 2 aromatic carbocycles. The summed E-state index contributed by atoms with van der Waals surface area (Å²) < 4.78 is 0. The average Bonchev–Trinajstić information content (AvgIpc) is 2.60. The Labute approximate surface area is 133 Å². The summed E-state index contributed by atoms with van der Waals surface area (Å²) in [6, 6.07) is 15.8. The van der Waals surface area contributed by atoms with Crippen LogP contribution in [0.3, 0.4) is 0 Å². The standard InChI is InChI=1S/C20H12Si2/c1-5-21(6-2)17-13-9-11-15-19(17)22(7-3,8-4)20-16-12-10-14-18(20)21/h1-4,9-16H. The smallest absolute Gasteiger partial charge is 0.125 e. The minimum Gasteiger partial charge on any atom is -0.125 e. The van der Waals surface area contributed by atoms with Crippen molar-refractivity contribution in [1.29, 1.82) is 0 Å². The van der Waals surface area contributed by atoms with Crippen LogP contribution < -0.4 is 20.7 Å². The number of hydrogen-bond donors (Lipinski definition) is 0. The van der Waals surface area contributed by atoms with Crippen molar-refractivity contribution in [3.63, 3.8) is 0 Å². The first-order valence-electron chi connectivity index (χ1n) is 6.81. The van der Waals surface area contributed by atoms with E-state index in [-0.39, 0.29) is 0 Å². The SMILES string of the molecule is C#C[Si]1(C#C)c2ccccc2[Si](C#C)(C#C)c2ccccc21. The Bertz CT molecular complexity index is 782. The molecule has 0 N–H and O–H groups in total. The van der Waals surface area contributed by atoms with Crippen LogP contribution in [0, 0.1) is 47.9 Å². The lowest BCUT2D eigenvalue weighted by Gasteiger charge is -2.37. The van der Waals surface area contributed by atoms with Gasteiger partial charge in [0.15, 0.2) is 0 Å². The maximum absolute atomic E-state index is 5.93. The van der Waals surface area contributed by atoms with Gasteiger partial charge in [-0.3, -0.25) is 0 Å². The lowest BCUT2D eigenvalue weighted by molar-refractivity contribution is 1.73. The summed E-state index contributed by atoms with van der Waals surface area (Å²) in [7, 11) is -5.39. The summed E-state index contributed by atoms with van der Waals surface area (Å²) >= 11 is 0. The van der Waals surface area contributed by atoms with Gasteiger partial charge in [-0.15, -0.1) is 47.9 Å². The third-order valence-electron chi connectivity index (χ3n) is 4.34. The van der Waals surface area contributed by atoms with E-state index >= 15 is 0 Å². The number of fused-ring (bicyclic) bond motifs is 2. The molecule has 0 saturated carbocycles. The zero-order valence-corrected chi connectivity index (χ0v) is 13.9. The second kappa shape index (κ2) is 4.84. The molecule has 1 aliphatic rings. The molecule has 100 valence electrons. The molecule has 0 amide bonds. The van der Waals surface area contributed by atoms with Crippen molar-refractivity contribution in [2.75, 3.05) is 0 Å². The van der Waals surface area contributed by atoms with E-state index in [1.165, 1.54) is 0 Å². The molecule has 0 unspecified atom stereocenters. The maximum Gasteiger partial charge on any atom is 0.275 e. The quantitative estimate of drug-likeness (QED) is 0.468. The maximum atomic E-state index is 5.93. The highest BCUT2D eigenvalue weighted by Gasteiger charge is 2.51. The lowest BCUT2D eigenvalue weighted by atomic mass is 10.3. The Morgan fingerprint density at radius 2 is 0.727 bits per heavy atom. The van der Waals surface area contributed by atoms with E-state index in [9.17, 15) is 0 Å². The molecule has 0 nitrogen and oxygen atoms in total. The molecule has 0 saturated heterocycles. The van der Waals surface area contributed by atoms with E-state index in [1.54, 1.807) is 0 Å². The summed E-state index contributed by atoms with van der Waals surface area (Å²) in [5, 5.41) is 4.06. The summed E-state index contributed by atoms with van der Waals surface area (Å²) in [4.78, 5) is 0. The molecular weight excluding hydrogens is 296 g/mol. The molecule has 1 aliphatic heterocycles. The molecule has 0 radical (unpaired) electrons. The molecule has 3 rings (SSSR count). The van der Waals surface area contributed by atoms with Gasteiger partial charge in [0.2, 0.25) is 0 Å². The van der Waals surface area contributed by atoms with Crippen molar-refractivity contribution in [3.05, 3.63) is 48.5 Å². The van der Waals surface area contributed by atoms with Gasteiger partial charge in [-0.2, -0.15) is 0 Å². The van der Waals surface area contributed by atoms with Crippen molar-refractivity contribution in [2.45, 2.75) is 0 Å². The largest absolute Gasteiger partial charge is 0.275 e. The van der Waals surface area contributed by atoms with E-state index in [0.717, 1.165) is 20.7 Å². The fourth-order valence-electron chi connectivity index (χ4n) is 3.27. The third kappa shape index (κ3) is 1.46. The highest BCUT2D eigenvalue weighted by Crippen LogP contribution is 2.13. The minimum atomic E-state index is -2.69. The van der Waals surface area contributed by atoms with Crippen molar-refractivity contribution in [3.8, 4) is 47.9 Å². The topological polar surface area (TPSA) is 0 Å². The van der Waals surface area contributed by atoms with Gasteiger partial charge in [0.25, 0.3) is 16.1 Å². The monoisotopic (exact) mass is 308 g/mol. The Morgan fingerprint density at radius 3 is 0.909 bits per heavy atom. The second-order valence-corrected chi connectivity index (χ2v) is 11.5. The van der Waals surface area contributed by atoms with Gasteiger partial charge in [0.1, 0.15) is 0 Å². The first-order valence-corrected chi connectivity index (χ1v) is 10.8. The van der Waals surface area contributed by atoms with Gasteiger partial charge in [0, 0.05) is 0 Å². The van der Waals surface area contributed by atoms with Crippen LogP contribution in [0.2, 0.25) is 0 Å². The zero-order chi connectivity index (χ0) is 15.8. The fraction of sp³-hybridized carbons (Fsp3) is 0. The first kappa shape index (κ1) is 14.1. The Hall–Kier alpha value is -2.89. The lowest BCUT2D eigenvalue weighted by Crippen LogP contribution is -2.80. The molecule has 0 aliphatic carbocycles. The van der Waals surface area contributed by atoms with Gasteiger partial charge < -0.3 is 0 Å². The fourth-order valence-corrected chi connectivity index (χ4v) is 10.8. The summed E-state index contributed by atoms with van der Waals surface area (Å²) in [5.74, 6) is 0. The van der Waals surface area contributed by atoms with Gasteiger partial charge in [-0.1, -0.05) is 48.5 Å². The van der Waals surface area contributed by atoms with Gasteiger partial charge >= 0.3 is 0 Å². The summed E-state index contributed by atoms with van der Waals surface area (Å²) in [5.41, 5.74) is 11.8. The van der Waals surface area contributed by atoms with E-state index in [4.69, 9.17) is 25.7 Å². The van der Waals surface area contributed by atoms with Crippen LogP contribution in [0.1, 0.15) is 0 Å². The van der Waals surface area contributed by atoms with Crippen LogP contribution in [0.25, 0.3) is 0 Å². The molecule has 2 heteroatoms. The number of benzene rings is 2. The van der Waals surface area contributed by atoms with Crippen LogP contribution in [0.4, 0.5) is 0 Å². The van der Waals surface area contributed by atoms with Crippen LogP contribution in [0.15, 0.2) is 48.5 Å². The van der Waals surface area contributed by atoms with Crippen LogP contribution >= 0.6 is 0 Å². The summed E-state index contributed by atoms with van der Waals surface area (Å²) in [6.45, 7) is 0. The van der Waals surface area contributed by atoms with E-state index in [0.29, 0.717) is 0 Å². The predicted octanol–water partition coefficient (Wildman–Crippen LogP) is -0.184. The molecule has 0 fully saturated rings. The highest BCUT2D eigenvalue weighted by molar-refractivity contribution is 7.27. The van der Waals surface area contributed by atoms with Crippen LogP contribution in [0.5, 0.6) is 0 Å². The molecule has 1 heterocycles. The number of hydrogen-bond acceptors (Lipinski definition) is 0. The average molecular weight is 308 g/mol. The normalized spacial score (nSPS) is 15.8. The van der Waals surface area contributed by atoms with Crippen LogP contribution in [-0.4, -0.2) is 16.1 Å². The molecular formula is C20H12Si2. The second-order valence-electron chi connectivity index (χ2n) is 5.17. The molecule has 0 aromatic heterocycles. The Kier molecular flexibility index (Phi) is 3.09. The Balaban J connectivity index is 2.59. The molecule has 2 aromatic rings. The van der Waals surface area contributed by atoms with Crippen molar-refractivity contribution >= 4 is 36.9 Å². The van der Waals surface area contributed by atoms with Gasteiger partial charge in [-0.05, 0) is 20.7 Å². The van der Waals surface area contributed by atoms with Gasteiger partial charge in [0.05, 0.1) is 0 Å². The first-order chi connectivity index (χ1) is 10.7. The molecule has 0 spiro atoms. The molecule has 0 atom stereocenters. The minimum absolute atomic E-state index is 1.02. The van der Waals surface area contributed by atoms with E-state index in [2.05, 4.69) is 22.2 Å². The molecule has 22 heavy (non-hydrogen) atoms. The van der Waals surface area contributed by atoms with E-state index in [1.807, 2.05) is 48.5 Å². The van der Waals surface area contributed by atoms with Crippen molar-refractivity contribution < 1.29 is 0 Å². The molecule has 0 bridgehead atoms.